The average Bonchev–Trinajstić information content (AvgIpc) is 2.37. The molecule has 0 aliphatic carbocycles. The number of hydrogen-bond acceptors (Lipinski definition) is 3. The van der Waals surface area contributed by atoms with E-state index >= 15 is 0 Å². The average molecular weight is 250 g/mol. The van der Waals surface area contributed by atoms with Crippen LogP contribution in [-0.4, -0.2) is 31.6 Å². The summed E-state index contributed by atoms with van der Waals surface area (Å²) in [6.07, 6.45) is 0. The molecule has 1 aromatic rings. The van der Waals surface area contributed by atoms with Gasteiger partial charge in [-0.15, -0.1) is 0 Å². The summed E-state index contributed by atoms with van der Waals surface area (Å²) in [6.45, 7) is 7.53. The SMILES string of the molecule is COc1ccccc1C(N)CN(C)C(C)C(C)C. The highest BCUT2D eigenvalue weighted by atomic mass is 16.5. The maximum atomic E-state index is 6.29. The molecule has 1 aromatic carbocycles. The second kappa shape index (κ2) is 6.76. The summed E-state index contributed by atoms with van der Waals surface area (Å²) < 4.78 is 5.36. The third-order valence-corrected chi connectivity index (χ3v) is 3.68. The molecule has 0 radical (unpaired) electrons. The van der Waals surface area contributed by atoms with Crippen LogP contribution in [0.2, 0.25) is 0 Å². The first-order valence-electron chi connectivity index (χ1n) is 6.56. The molecule has 102 valence electrons. The van der Waals surface area contributed by atoms with E-state index in [1.807, 2.05) is 24.3 Å². The molecule has 1 rings (SSSR count). The lowest BCUT2D eigenvalue weighted by molar-refractivity contribution is 0.196. The summed E-state index contributed by atoms with van der Waals surface area (Å²) in [6, 6.07) is 8.47. The topological polar surface area (TPSA) is 38.5 Å². The molecule has 0 saturated carbocycles. The summed E-state index contributed by atoms with van der Waals surface area (Å²) in [7, 11) is 3.81. The number of ether oxygens (including phenoxy) is 1. The third kappa shape index (κ3) is 3.72. The van der Waals surface area contributed by atoms with Crippen LogP contribution in [0.4, 0.5) is 0 Å². The summed E-state index contributed by atoms with van der Waals surface area (Å²) in [5.41, 5.74) is 7.36. The Morgan fingerprint density at radius 3 is 2.39 bits per heavy atom. The normalized spacial score (nSPS) is 14.9. The van der Waals surface area contributed by atoms with Gasteiger partial charge in [-0.25, -0.2) is 0 Å². The summed E-state index contributed by atoms with van der Waals surface area (Å²) >= 11 is 0. The van der Waals surface area contributed by atoms with Gasteiger partial charge in [0, 0.05) is 24.2 Å². The second-order valence-corrected chi connectivity index (χ2v) is 5.27. The van der Waals surface area contributed by atoms with Crippen LogP contribution in [0, 0.1) is 5.92 Å². The van der Waals surface area contributed by atoms with Gasteiger partial charge in [0.1, 0.15) is 5.75 Å². The molecule has 18 heavy (non-hydrogen) atoms. The Bertz CT molecular complexity index is 365. The Kier molecular flexibility index (Phi) is 5.63. The van der Waals surface area contributed by atoms with Crippen LogP contribution in [0.15, 0.2) is 24.3 Å². The molecule has 0 saturated heterocycles. The minimum absolute atomic E-state index is 0.0210. The van der Waals surface area contributed by atoms with Crippen molar-refractivity contribution in [1.82, 2.24) is 4.90 Å². The zero-order chi connectivity index (χ0) is 13.7. The highest BCUT2D eigenvalue weighted by Crippen LogP contribution is 2.24. The van der Waals surface area contributed by atoms with Crippen LogP contribution in [0.25, 0.3) is 0 Å². The molecule has 0 fully saturated rings. The van der Waals surface area contributed by atoms with Crippen molar-refractivity contribution in [2.45, 2.75) is 32.9 Å². The Morgan fingerprint density at radius 2 is 1.83 bits per heavy atom. The molecule has 2 unspecified atom stereocenters. The van der Waals surface area contributed by atoms with Crippen molar-refractivity contribution in [3.63, 3.8) is 0 Å². The summed E-state index contributed by atoms with van der Waals surface area (Å²) in [4.78, 5) is 2.31. The van der Waals surface area contributed by atoms with E-state index in [1.54, 1.807) is 7.11 Å². The molecule has 3 nitrogen and oxygen atoms in total. The number of nitrogens with zero attached hydrogens (tertiary/aromatic N) is 1. The minimum Gasteiger partial charge on any atom is -0.496 e. The predicted octanol–water partition coefficient (Wildman–Crippen LogP) is 2.67. The predicted molar refractivity (Wildman–Crippen MR) is 76.9 cm³/mol. The first kappa shape index (κ1) is 15.0. The van der Waals surface area contributed by atoms with Crippen molar-refractivity contribution < 1.29 is 4.74 Å². The van der Waals surface area contributed by atoms with Gasteiger partial charge in [0.15, 0.2) is 0 Å². The molecule has 2 atom stereocenters. The van der Waals surface area contributed by atoms with E-state index in [2.05, 4.69) is 32.7 Å². The van der Waals surface area contributed by atoms with E-state index in [9.17, 15) is 0 Å². The van der Waals surface area contributed by atoms with Crippen LogP contribution >= 0.6 is 0 Å². The van der Waals surface area contributed by atoms with Crippen LogP contribution in [0.3, 0.4) is 0 Å². The molecule has 0 heterocycles. The highest BCUT2D eigenvalue weighted by molar-refractivity contribution is 5.35. The molecule has 0 aliphatic rings. The maximum Gasteiger partial charge on any atom is 0.123 e. The Labute approximate surface area is 111 Å². The lowest BCUT2D eigenvalue weighted by atomic mass is 10.0. The Balaban J connectivity index is 2.73. The van der Waals surface area contributed by atoms with Gasteiger partial charge in [0.25, 0.3) is 0 Å². The first-order chi connectivity index (χ1) is 8.47. The van der Waals surface area contributed by atoms with E-state index in [0.717, 1.165) is 17.9 Å². The van der Waals surface area contributed by atoms with Crippen LogP contribution in [0.5, 0.6) is 5.75 Å². The van der Waals surface area contributed by atoms with Crippen molar-refractivity contribution in [2.24, 2.45) is 11.7 Å². The molecule has 2 N–H and O–H groups in total. The van der Waals surface area contributed by atoms with E-state index in [0.29, 0.717) is 12.0 Å². The second-order valence-electron chi connectivity index (χ2n) is 5.27. The van der Waals surface area contributed by atoms with E-state index in [-0.39, 0.29) is 6.04 Å². The molecular weight excluding hydrogens is 224 g/mol. The van der Waals surface area contributed by atoms with Gasteiger partial charge in [-0.3, -0.25) is 0 Å². The number of hydrogen-bond donors (Lipinski definition) is 1. The van der Waals surface area contributed by atoms with Gasteiger partial charge in [-0.1, -0.05) is 32.0 Å². The van der Waals surface area contributed by atoms with Crippen molar-refractivity contribution in [3.8, 4) is 5.75 Å². The third-order valence-electron chi connectivity index (χ3n) is 3.68. The number of nitrogens with two attached hydrogens (primary N) is 1. The Hall–Kier alpha value is -1.06. The molecule has 0 aliphatic heterocycles. The molecule has 0 aromatic heterocycles. The van der Waals surface area contributed by atoms with Crippen molar-refractivity contribution in [1.29, 1.82) is 0 Å². The maximum absolute atomic E-state index is 6.29. The summed E-state index contributed by atoms with van der Waals surface area (Å²) in [5.74, 6) is 1.50. The molecule has 0 spiro atoms. The fourth-order valence-corrected chi connectivity index (χ4v) is 2.06. The molecule has 0 bridgehead atoms. The van der Waals surface area contributed by atoms with Gasteiger partial charge in [0.2, 0.25) is 0 Å². The quantitative estimate of drug-likeness (QED) is 0.843. The van der Waals surface area contributed by atoms with Crippen LogP contribution in [0.1, 0.15) is 32.4 Å². The zero-order valence-corrected chi connectivity index (χ0v) is 12.2. The smallest absolute Gasteiger partial charge is 0.123 e. The monoisotopic (exact) mass is 250 g/mol. The zero-order valence-electron chi connectivity index (χ0n) is 12.2. The van der Waals surface area contributed by atoms with Crippen molar-refractivity contribution in [3.05, 3.63) is 29.8 Å². The van der Waals surface area contributed by atoms with Gasteiger partial charge in [0.05, 0.1) is 7.11 Å². The van der Waals surface area contributed by atoms with E-state index < -0.39 is 0 Å². The van der Waals surface area contributed by atoms with Gasteiger partial charge >= 0.3 is 0 Å². The van der Waals surface area contributed by atoms with Crippen molar-refractivity contribution >= 4 is 0 Å². The van der Waals surface area contributed by atoms with E-state index in [4.69, 9.17) is 10.5 Å². The summed E-state index contributed by atoms with van der Waals surface area (Å²) in [5, 5.41) is 0. The molecule has 0 amide bonds. The number of methoxy groups -OCH3 is 1. The highest BCUT2D eigenvalue weighted by Gasteiger charge is 2.18. The lowest BCUT2D eigenvalue weighted by Gasteiger charge is -2.30. The van der Waals surface area contributed by atoms with Crippen LogP contribution < -0.4 is 10.5 Å². The number of rotatable bonds is 6. The minimum atomic E-state index is -0.0210. The standard InChI is InChI=1S/C15H26N2O/c1-11(2)12(3)17(4)10-14(16)13-8-6-7-9-15(13)18-5/h6-9,11-12,14H,10,16H2,1-5H3. The number of likely N-dealkylation sites (N-methyl/N-ethyl adjacent to an activating group) is 1. The number of benzene rings is 1. The largest absolute Gasteiger partial charge is 0.496 e. The first-order valence-corrected chi connectivity index (χ1v) is 6.56. The van der Waals surface area contributed by atoms with Gasteiger partial charge in [-0.2, -0.15) is 0 Å². The van der Waals surface area contributed by atoms with Crippen LogP contribution in [-0.2, 0) is 0 Å². The fourth-order valence-electron chi connectivity index (χ4n) is 2.06. The fraction of sp³-hybridized carbons (Fsp3) is 0.600. The Morgan fingerprint density at radius 1 is 1.22 bits per heavy atom. The van der Waals surface area contributed by atoms with Gasteiger partial charge < -0.3 is 15.4 Å². The van der Waals surface area contributed by atoms with Crippen molar-refractivity contribution in [2.75, 3.05) is 20.7 Å². The van der Waals surface area contributed by atoms with E-state index in [1.165, 1.54) is 0 Å². The van der Waals surface area contributed by atoms with Gasteiger partial charge in [-0.05, 0) is 26.0 Å². The number of para-hydroxylation sites is 1. The lowest BCUT2D eigenvalue weighted by Crippen LogP contribution is -2.38. The molecular formula is C15H26N2O. The molecule has 3 heteroatoms.